The van der Waals surface area contributed by atoms with Gasteiger partial charge in [0.1, 0.15) is 5.52 Å². The van der Waals surface area contributed by atoms with Crippen molar-refractivity contribution < 1.29 is 5.11 Å². The average molecular weight is 263 g/mol. The Morgan fingerprint density at radius 3 is 3.00 bits per heavy atom. The van der Waals surface area contributed by atoms with Gasteiger partial charge in [-0.25, -0.2) is 4.98 Å². The van der Waals surface area contributed by atoms with Crippen molar-refractivity contribution in [1.82, 2.24) is 4.98 Å². The van der Waals surface area contributed by atoms with E-state index in [0.717, 1.165) is 41.6 Å². The molecule has 2 atom stereocenters. The predicted octanol–water partition coefficient (Wildman–Crippen LogP) is 2.59. The third-order valence-corrected chi connectivity index (χ3v) is 4.41. The topological polar surface area (TPSA) is 71.2 Å². The van der Waals surface area contributed by atoms with Crippen LogP contribution in [0.3, 0.4) is 0 Å². The molecule has 0 amide bonds. The largest absolute Gasteiger partial charge is 0.395 e. The lowest BCUT2D eigenvalue weighted by Crippen LogP contribution is -2.36. The minimum atomic E-state index is -0.274. The molecule has 1 aliphatic rings. The molecule has 3 rings (SSSR count). The van der Waals surface area contributed by atoms with Crippen LogP contribution in [0.4, 0.5) is 11.4 Å². The van der Waals surface area contributed by atoms with Crippen LogP contribution >= 0.6 is 11.3 Å². The van der Waals surface area contributed by atoms with Gasteiger partial charge in [-0.3, -0.25) is 0 Å². The smallest absolute Gasteiger partial charge is 0.106 e. The molecule has 0 spiro atoms. The van der Waals surface area contributed by atoms with Crippen LogP contribution in [0.5, 0.6) is 0 Å². The number of aliphatic hydroxyl groups is 1. The van der Waals surface area contributed by atoms with Gasteiger partial charge < -0.3 is 16.2 Å². The van der Waals surface area contributed by atoms with E-state index in [0.29, 0.717) is 5.69 Å². The Morgan fingerprint density at radius 2 is 2.17 bits per heavy atom. The van der Waals surface area contributed by atoms with Crippen molar-refractivity contribution in [2.45, 2.75) is 37.8 Å². The van der Waals surface area contributed by atoms with Crippen LogP contribution in [0, 0.1) is 0 Å². The number of hydrogen-bond acceptors (Lipinski definition) is 5. The minimum absolute atomic E-state index is 0.108. The highest BCUT2D eigenvalue weighted by molar-refractivity contribution is 7.16. The van der Waals surface area contributed by atoms with Crippen LogP contribution < -0.4 is 11.1 Å². The molecule has 4 nitrogen and oxygen atoms in total. The first-order valence-corrected chi connectivity index (χ1v) is 7.20. The van der Waals surface area contributed by atoms with Gasteiger partial charge in [0.25, 0.3) is 0 Å². The van der Waals surface area contributed by atoms with Gasteiger partial charge in [-0.2, -0.15) is 0 Å². The molecule has 0 radical (unpaired) electrons. The lowest BCUT2D eigenvalue weighted by molar-refractivity contribution is 0.116. The number of aliphatic hydroxyl groups excluding tert-OH is 1. The van der Waals surface area contributed by atoms with Crippen molar-refractivity contribution in [1.29, 1.82) is 0 Å². The van der Waals surface area contributed by atoms with E-state index in [1.807, 2.05) is 12.1 Å². The van der Waals surface area contributed by atoms with Crippen LogP contribution in [0.15, 0.2) is 17.6 Å². The van der Waals surface area contributed by atoms with Crippen molar-refractivity contribution >= 4 is 32.9 Å². The zero-order valence-electron chi connectivity index (χ0n) is 10.1. The molecule has 0 aliphatic heterocycles. The maximum Gasteiger partial charge on any atom is 0.106 e. The predicted molar refractivity (Wildman–Crippen MR) is 75.9 cm³/mol. The Labute approximate surface area is 110 Å². The second-order valence-electron chi connectivity index (χ2n) is 4.83. The van der Waals surface area contributed by atoms with Crippen molar-refractivity contribution in [2.24, 2.45) is 0 Å². The van der Waals surface area contributed by atoms with E-state index >= 15 is 0 Å². The summed E-state index contributed by atoms with van der Waals surface area (Å²) in [6.07, 6.45) is 3.86. The van der Waals surface area contributed by atoms with Crippen molar-refractivity contribution in [3.63, 3.8) is 0 Å². The molecule has 1 fully saturated rings. The van der Waals surface area contributed by atoms with Gasteiger partial charge in [-0.1, -0.05) is 12.8 Å². The van der Waals surface area contributed by atoms with Gasteiger partial charge in [-0.05, 0) is 25.0 Å². The summed E-state index contributed by atoms with van der Waals surface area (Å²) in [6, 6.07) is 4.12. The number of nitrogens with zero attached hydrogens (tertiary/aromatic N) is 1. The summed E-state index contributed by atoms with van der Waals surface area (Å²) < 4.78 is 1.10. The summed E-state index contributed by atoms with van der Waals surface area (Å²) in [5.41, 5.74) is 10.4. The lowest BCUT2D eigenvalue weighted by Gasteiger charge is -2.29. The standard InChI is InChI=1S/C13H17N3OS/c14-12-9(5-6-11-13(12)15-7-18-11)16-8-3-1-2-4-10(8)17/h5-8,10,16-17H,1-4,14H2. The van der Waals surface area contributed by atoms with Crippen LogP contribution in [0.25, 0.3) is 10.2 Å². The van der Waals surface area contributed by atoms with Crippen LogP contribution in [0.1, 0.15) is 25.7 Å². The summed E-state index contributed by atoms with van der Waals surface area (Å²) in [5, 5.41) is 13.3. The van der Waals surface area contributed by atoms with E-state index < -0.39 is 0 Å². The summed E-state index contributed by atoms with van der Waals surface area (Å²) in [7, 11) is 0. The Kier molecular flexibility index (Phi) is 3.09. The number of nitrogens with one attached hydrogen (secondary N) is 1. The minimum Gasteiger partial charge on any atom is -0.395 e. The molecule has 1 aliphatic carbocycles. The van der Waals surface area contributed by atoms with Gasteiger partial charge in [0, 0.05) is 0 Å². The molecular formula is C13H17N3OS. The summed E-state index contributed by atoms with van der Waals surface area (Å²) in [4.78, 5) is 4.28. The van der Waals surface area contributed by atoms with Crippen LogP contribution in [-0.2, 0) is 0 Å². The summed E-state index contributed by atoms with van der Waals surface area (Å²) >= 11 is 1.59. The van der Waals surface area contributed by atoms with E-state index in [-0.39, 0.29) is 12.1 Å². The molecule has 18 heavy (non-hydrogen) atoms. The van der Waals surface area contributed by atoms with E-state index in [2.05, 4.69) is 10.3 Å². The molecule has 2 aromatic rings. The molecule has 1 heterocycles. The highest BCUT2D eigenvalue weighted by Gasteiger charge is 2.23. The molecule has 0 saturated heterocycles. The monoisotopic (exact) mass is 263 g/mol. The fourth-order valence-corrected chi connectivity index (χ4v) is 3.25. The summed E-state index contributed by atoms with van der Waals surface area (Å²) in [5.74, 6) is 0. The maximum absolute atomic E-state index is 9.98. The highest BCUT2D eigenvalue weighted by atomic mass is 32.1. The number of benzene rings is 1. The molecule has 4 N–H and O–H groups in total. The molecule has 1 saturated carbocycles. The third-order valence-electron chi connectivity index (χ3n) is 3.61. The number of nitrogens with two attached hydrogens (primary N) is 1. The van der Waals surface area contributed by atoms with Gasteiger partial charge in [-0.15, -0.1) is 11.3 Å². The molecule has 1 aromatic heterocycles. The normalized spacial score (nSPS) is 24.3. The number of aromatic nitrogens is 1. The van der Waals surface area contributed by atoms with E-state index in [1.165, 1.54) is 0 Å². The van der Waals surface area contributed by atoms with E-state index in [4.69, 9.17) is 5.73 Å². The molecule has 0 bridgehead atoms. The Bertz CT molecular complexity index is 554. The number of thiazole rings is 1. The highest BCUT2D eigenvalue weighted by Crippen LogP contribution is 2.32. The molecule has 2 unspecified atom stereocenters. The third kappa shape index (κ3) is 2.04. The second kappa shape index (κ2) is 4.74. The molecule has 1 aromatic carbocycles. The van der Waals surface area contributed by atoms with Crippen LogP contribution in [-0.4, -0.2) is 22.2 Å². The Morgan fingerprint density at radius 1 is 1.33 bits per heavy atom. The number of nitrogen functional groups attached to an aromatic ring is 1. The van der Waals surface area contributed by atoms with Crippen molar-refractivity contribution in [3.05, 3.63) is 17.6 Å². The molecule has 96 valence electrons. The first kappa shape index (κ1) is 11.7. The number of anilines is 2. The van der Waals surface area contributed by atoms with Gasteiger partial charge in [0.2, 0.25) is 0 Å². The maximum atomic E-state index is 9.98. The van der Waals surface area contributed by atoms with Crippen molar-refractivity contribution in [2.75, 3.05) is 11.1 Å². The van der Waals surface area contributed by atoms with E-state index in [9.17, 15) is 5.11 Å². The Hall–Kier alpha value is -1.33. The molecular weight excluding hydrogens is 246 g/mol. The van der Waals surface area contributed by atoms with Gasteiger partial charge in [0.15, 0.2) is 0 Å². The van der Waals surface area contributed by atoms with Gasteiger partial charge in [0.05, 0.1) is 33.7 Å². The summed E-state index contributed by atoms with van der Waals surface area (Å²) in [6.45, 7) is 0. The first-order valence-electron chi connectivity index (χ1n) is 6.32. The number of hydrogen-bond donors (Lipinski definition) is 3. The Balaban J connectivity index is 1.87. The van der Waals surface area contributed by atoms with E-state index in [1.54, 1.807) is 16.8 Å². The fourth-order valence-electron chi connectivity index (χ4n) is 2.56. The quantitative estimate of drug-likeness (QED) is 0.728. The fraction of sp³-hybridized carbons (Fsp3) is 0.462. The zero-order chi connectivity index (χ0) is 12.5. The number of fused-ring (bicyclic) bond motifs is 1. The van der Waals surface area contributed by atoms with Crippen LogP contribution in [0.2, 0.25) is 0 Å². The zero-order valence-corrected chi connectivity index (χ0v) is 10.9. The van der Waals surface area contributed by atoms with Crippen molar-refractivity contribution in [3.8, 4) is 0 Å². The molecule has 5 heteroatoms. The second-order valence-corrected chi connectivity index (χ2v) is 5.71. The lowest BCUT2D eigenvalue weighted by atomic mass is 9.92. The van der Waals surface area contributed by atoms with Gasteiger partial charge >= 0.3 is 0 Å². The first-order chi connectivity index (χ1) is 8.75. The average Bonchev–Trinajstić information content (AvgIpc) is 2.84. The SMILES string of the molecule is Nc1c(NC2CCCCC2O)ccc2scnc12. The number of rotatable bonds is 2.